The van der Waals surface area contributed by atoms with Crippen LogP contribution in [0.5, 0.6) is 0 Å². The molecule has 0 saturated carbocycles. The Kier molecular flexibility index (Phi) is 4.66. The molecule has 1 heterocycles. The number of benzene rings is 1. The zero-order valence-electron chi connectivity index (χ0n) is 10.9. The van der Waals surface area contributed by atoms with E-state index in [-0.39, 0.29) is 4.90 Å². The van der Waals surface area contributed by atoms with Gasteiger partial charge in [0.15, 0.2) is 5.13 Å². The fourth-order valence-electron chi connectivity index (χ4n) is 1.47. The normalized spacial score (nSPS) is 12.9. The first kappa shape index (κ1) is 15.5. The number of amides is 1. The third-order valence-corrected chi connectivity index (χ3v) is 4.76. The Hall–Kier alpha value is -1.84. The van der Waals surface area contributed by atoms with E-state index >= 15 is 0 Å². The lowest BCUT2D eigenvalue weighted by molar-refractivity contribution is -0.117. The van der Waals surface area contributed by atoms with E-state index in [2.05, 4.69) is 15.0 Å². The smallest absolute Gasteiger partial charge is 0.244 e. The van der Waals surface area contributed by atoms with Crippen LogP contribution in [0, 0.1) is 5.82 Å². The van der Waals surface area contributed by atoms with Gasteiger partial charge in [0.2, 0.25) is 15.9 Å². The number of carbonyl (C=O) groups excluding carboxylic acids is 1. The van der Waals surface area contributed by atoms with E-state index < -0.39 is 27.8 Å². The molecule has 0 unspecified atom stereocenters. The Morgan fingerprint density at radius 2 is 2.00 bits per heavy atom. The molecule has 0 bridgehead atoms. The van der Waals surface area contributed by atoms with E-state index in [1.165, 1.54) is 24.5 Å². The highest BCUT2D eigenvalue weighted by molar-refractivity contribution is 7.89. The third-order valence-electron chi connectivity index (χ3n) is 2.51. The second kappa shape index (κ2) is 6.29. The van der Waals surface area contributed by atoms with Crippen LogP contribution in [0.1, 0.15) is 6.92 Å². The van der Waals surface area contributed by atoms with Crippen LogP contribution in [0.15, 0.2) is 40.7 Å². The van der Waals surface area contributed by atoms with Gasteiger partial charge in [-0.1, -0.05) is 0 Å². The van der Waals surface area contributed by atoms with Gasteiger partial charge in [-0.15, -0.1) is 11.3 Å². The molecule has 2 rings (SSSR count). The molecule has 0 saturated heterocycles. The van der Waals surface area contributed by atoms with Gasteiger partial charge in [0.1, 0.15) is 5.82 Å². The van der Waals surface area contributed by atoms with Crippen molar-refractivity contribution in [2.75, 3.05) is 5.32 Å². The molecule has 0 spiro atoms. The van der Waals surface area contributed by atoms with Crippen LogP contribution in [-0.4, -0.2) is 25.4 Å². The van der Waals surface area contributed by atoms with Crippen molar-refractivity contribution >= 4 is 32.4 Å². The summed E-state index contributed by atoms with van der Waals surface area (Å²) in [6, 6.07) is 3.33. The third kappa shape index (κ3) is 4.06. The molecule has 0 aliphatic heterocycles. The zero-order chi connectivity index (χ0) is 15.5. The Balaban J connectivity index is 2.05. The summed E-state index contributed by atoms with van der Waals surface area (Å²) >= 11 is 1.22. The Morgan fingerprint density at radius 1 is 1.33 bits per heavy atom. The average Bonchev–Trinajstić information content (AvgIpc) is 2.91. The molecule has 2 N–H and O–H groups in total. The maximum Gasteiger partial charge on any atom is 0.244 e. The highest BCUT2D eigenvalue weighted by atomic mass is 32.2. The topological polar surface area (TPSA) is 88.2 Å². The summed E-state index contributed by atoms with van der Waals surface area (Å²) in [7, 11) is -3.89. The SMILES string of the molecule is C[C@@H](NS(=O)(=O)c1ccc(F)cc1)C(=O)Nc1nccs1. The minimum absolute atomic E-state index is 0.113. The van der Waals surface area contributed by atoms with Gasteiger partial charge in [0.25, 0.3) is 0 Å². The Morgan fingerprint density at radius 3 is 2.57 bits per heavy atom. The first-order valence-electron chi connectivity index (χ1n) is 5.87. The van der Waals surface area contributed by atoms with Crippen LogP contribution in [0.4, 0.5) is 9.52 Å². The van der Waals surface area contributed by atoms with Gasteiger partial charge in [0.05, 0.1) is 10.9 Å². The predicted octanol–water partition coefficient (Wildman–Crippen LogP) is 1.59. The molecular formula is C12H12FN3O3S2. The molecule has 21 heavy (non-hydrogen) atoms. The van der Waals surface area contributed by atoms with Gasteiger partial charge >= 0.3 is 0 Å². The molecule has 0 aliphatic carbocycles. The Labute approximate surface area is 125 Å². The van der Waals surface area contributed by atoms with E-state index in [0.29, 0.717) is 5.13 Å². The van der Waals surface area contributed by atoms with Crippen molar-refractivity contribution in [3.8, 4) is 0 Å². The molecule has 2 aromatic rings. The molecule has 1 amide bonds. The summed E-state index contributed by atoms with van der Waals surface area (Å²) in [5, 5.41) is 4.55. The van der Waals surface area contributed by atoms with E-state index in [1.54, 1.807) is 5.38 Å². The first-order chi connectivity index (χ1) is 9.88. The van der Waals surface area contributed by atoms with E-state index in [1.807, 2.05) is 0 Å². The van der Waals surface area contributed by atoms with Crippen LogP contribution >= 0.6 is 11.3 Å². The molecular weight excluding hydrogens is 317 g/mol. The number of hydrogen-bond acceptors (Lipinski definition) is 5. The summed E-state index contributed by atoms with van der Waals surface area (Å²) in [4.78, 5) is 15.6. The van der Waals surface area contributed by atoms with Crippen molar-refractivity contribution in [2.24, 2.45) is 0 Å². The van der Waals surface area contributed by atoms with Crippen LogP contribution in [0.3, 0.4) is 0 Å². The summed E-state index contributed by atoms with van der Waals surface area (Å²) in [6.45, 7) is 1.41. The maximum atomic E-state index is 12.8. The lowest BCUT2D eigenvalue weighted by Crippen LogP contribution is -2.41. The van der Waals surface area contributed by atoms with Gasteiger partial charge < -0.3 is 5.32 Å². The molecule has 0 fully saturated rings. The number of halogens is 1. The molecule has 6 nitrogen and oxygen atoms in total. The van der Waals surface area contributed by atoms with Gasteiger partial charge in [-0.3, -0.25) is 4.79 Å². The predicted molar refractivity (Wildman–Crippen MR) is 76.9 cm³/mol. The lowest BCUT2D eigenvalue weighted by Gasteiger charge is -2.13. The molecule has 0 radical (unpaired) electrons. The largest absolute Gasteiger partial charge is 0.301 e. The first-order valence-corrected chi connectivity index (χ1v) is 8.23. The average molecular weight is 329 g/mol. The summed E-state index contributed by atoms with van der Waals surface area (Å²) in [5.41, 5.74) is 0. The molecule has 0 aliphatic rings. The quantitative estimate of drug-likeness (QED) is 0.872. The van der Waals surface area contributed by atoms with Crippen molar-refractivity contribution in [2.45, 2.75) is 17.9 Å². The number of rotatable bonds is 5. The number of nitrogens with zero attached hydrogens (tertiary/aromatic N) is 1. The van der Waals surface area contributed by atoms with Crippen LogP contribution in [0.25, 0.3) is 0 Å². The summed E-state index contributed by atoms with van der Waals surface area (Å²) in [6.07, 6.45) is 1.52. The number of thiazole rings is 1. The molecule has 9 heteroatoms. The number of anilines is 1. The molecule has 1 atom stereocenters. The number of hydrogen-bond donors (Lipinski definition) is 2. The lowest BCUT2D eigenvalue weighted by atomic mass is 10.3. The number of sulfonamides is 1. The highest BCUT2D eigenvalue weighted by Gasteiger charge is 2.22. The summed E-state index contributed by atoms with van der Waals surface area (Å²) < 4.78 is 39.1. The van der Waals surface area contributed by atoms with Crippen molar-refractivity contribution in [3.05, 3.63) is 41.7 Å². The molecule has 1 aromatic heterocycles. The number of carbonyl (C=O) groups is 1. The van der Waals surface area contributed by atoms with Gasteiger partial charge in [-0.25, -0.2) is 17.8 Å². The minimum Gasteiger partial charge on any atom is -0.301 e. The zero-order valence-corrected chi connectivity index (χ0v) is 12.5. The second-order valence-corrected chi connectivity index (χ2v) is 6.73. The van der Waals surface area contributed by atoms with Crippen molar-refractivity contribution < 1.29 is 17.6 Å². The number of nitrogens with one attached hydrogen (secondary N) is 2. The fraction of sp³-hybridized carbons (Fsp3) is 0.167. The minimum atomic E-state index is -3.89. The highest BCUT2D eigenvalue weighted by Crippen LogP contribution is 2.12. The van der Waals surface area contributed by atoms with Crippen LogP contribution in [0.2, 0.25) is 0 Å². The number of aromatic nitrogens is 1. The second-order valence-electron chi connectivity index (χ2n) is 4.12. The van der Waals surface area contributed by atoms with Crippen LogP contribution in [-0.2, 0) is 14.8 Å². The van der Waals surface area contributed by atoms with Crippen molar-refractivity contribution in [1.29, 1.82) is 0 Å². The van der Waals surface area contributed by atoms with Gasteiger partial charge in [-0.05, 0) is 31.2 Å². The molecule has 1 aromatic carbocycles. The van der Waals surface area contributed by atoms with E-state index in [9.17, 15) is 17.6 Å². The van der Waals surface area contributed by atoms with Crippen molar-refractivity contribution in [3.63, 3.8) is 0 Å². The van der Waals surface area contributed by atoms with E-state index in [0.717, 1.165) is 24.3 Å². The van der Waals surface area contributed by atoms with Crippen molar-refractivity contribution in [1.82, 2.24) is 9.71 Å². The van der Waals surface area contributed by atoms with Gasteiger partial charge in [-0.2, -0.15) is 4.72 Å². The monoisotopic (exact) mass is 329 g/mol. The summed E-state index contributed by atoms with van der Waals surface area (Å²) in [5.74, 6) is -1.07. The Bertz CT molecular complexity index is 715. The van der Waals surface area contributed by atoms with E-state index in [4.69, 9.17) is 0 Å². The van der Waals surface area contributed by atoms with Gasteiger partial charge in [0, 0.05) is 11.6 Å². The fourth-order valence-corrected chi connectivity index (χ4v) is 3.20. The standard InChI is InChI=1S/C12H12FN3O3S2/c1-8(11(17)15-12-14-6-7-20-12)16-21(18,19)10-4-2-9(13)3-5-10/h2-8,16H,1H3,(H,14,15,17)/t8-/m1/s1. The maximum absolute atomic E-state index is 12.8. The molecule has 112 valence electrons. The van der Waals surface area contributed by atoms with Crippen LogP contribution < -0.4 is 10.0 Å².